The molecule has 0 unspecified atom stereocenters. The highest BCUT2D eigenvalue weighted by Crippen LogP contribution is 2.30. The second kappa shape index (κ2) is 10.5. The van der Waals surface area contributed by atoms with Gasteiger partial charge in [-0.2, -0.15) is 5.10 Å². The van der Waals surface area contributed by atoms with Crippen molar-refractivity contribution in [3.05, 3.63) is 70.6 Å². The summed E-state index contributed by atoms with van der Waals surface area (Å²) in [7, 11) is 2.19. The second-order valence-corrected chi connectivity index (χ2v) is 9.92. The number of rotatable bonds is 6. The molecule has 2 aliphatic rings. The number of halogens is 2. The summed E-state index contributed by atoms with van der Waals surface area (Å²) in [6, 6.07) is 15.1. The summed E-state index contributed by atoms with van der Waals surface area (Å²) in [5.41, 5.74) is 5.71. The monoisotopic (exact) mass is 481 g/mol. The molecular formula is C27H33ClFN5. The van der Waals surface area contributed by atoms with Gasteiger partial charge in [-0.3, -0.25) is 9.58 Å². The van der Waals surface area contributed by atoms with Crippen LogP contribution in [0.5, 0.6) is 0 Å². The fourth-order valence-corrected chi connectivity index (χ4v) is 5.36. The second-order valence-electron chi connectivity index (χ2n) is 9.48. The van der Waals surface area contributed by atoms with Crippen LogP contribution < -0.4 is 4.90 Å². The minimum absolute atomic E-state index is 0.127. The number of para-hydroxylation sites is 1. The summed E-state index contributed by atoms with van der Waals surface area (Å²) in [5.74, 6) is -0.127. The van der Waals surface area contributed by atoms with Gasteiger partial charge < -0.3 is 9.80 Å². The van der Waals surface area contributed by atoms with Crippen LogP contribution in [0.1, 0.15) is 24.1 Å². The van der Waals surface area contributed by atoms with Crippen molar-refractivity contribution in [1.82, 2.24) is 19.6 Å². The van der Waals surface area contributed by atoms with E-state index in [1.165, 1.54) is 11.3 Å². The lowest BCUT2D eigenvalue weighted by atomic mass is 10.0. The molecule has 5 nitrogen and oxygen atoms in total. The Labute approximate surface area is 206 Å². The lowest BCUT2D eigenvalue weighted by molar-refractivity contribution is 0.248. The van der Waals surface area contributed by atoms with Gasteiger partial charge in [-0.25, -0.2) is 4.39 Å². The summed E-state index contributed by atoms with van der Waals surface area (Å²) in [6.07, 6.45) is 3.29. The van der Waals surface area contributed by atoms with Crippen molar-refractivity contribution in [2.75, 3.05) is 51.2 Å². The number of nitrogens with zero attached hydrogens (tertiary/aromatic N) is 5. The predicted molar refractivity (Wildman–Crippen MR) is 137 cm³/mol. The van der Waals surface area contributed by atoms with Gasteiger partial charge >= 0.3 is 0 Å². The number of anilines is 1. The average Bonchev–Trinajstić information content (AvgIpc) is 3.04. The molecule has 34 heavy (non-hydrogen) atoms. The van der Waals surface area contributed by atoms with Crippen LogP contribution in [0.15, 0.2) is 48.5 Å². The normalized spacial score (nSPS) is 17.6. The molecule has 3 aromatic rings. The minimum atomic E-state index is -0.127. The highest BCUT2D eigenvalue weighted by molar-refractivity contribution is 6.30. The lowest BCUT2D eigenvalue weighted by Crippen LogP contribution is -2.47. The molecule has 0 saturated carbocycles. The Balaban J connectivity index is 1.23. The number of piperazine rings is 1. The molecule has 7 heteroatoms. The van der Waals surface area contributed by atoms with Crippen molar-refractivity contribution < 1.29 is 4.39 Å². The standard InChI is InChI=1S/C27H33ClFN5/c1-31-13-4-8-25-23(20-31)27(21-9-11-22(28)12-10-21)30-34(25)15-5-14-32-16-18-33(19-17-32)26-7-3-2-6-24(26)29/h2-3,6-7,9-12H,4-5,8,13-20H2,1H3. The van der Waals surface area contributed by atoms with E-state index in [0.717, 1.165) is 93.6 Å². The van der Waals surface area contributed by atoms with Gasteiger partial charge in [0.05, 0.1) is 11.4 Å². The fraction of sp³-hybridized carbons (Fsp3) is 0.444. The molecule has 1 aromatic heterocycles. The highest BCUT2D eigenvalue weighted by Gasteiger charge is 2.23. The molecule has 2 aliphatic heterocycles. The van der Waals surface area contributed by atoms with Gasteiger partial charge in [0.1, 0.15) is 5.82 Å². The Hall–Kier alpha value is -2.41. The van der Waals surface area contributed by atoms with Gasteiger partial charge in [0.25, 0.3) is 0 Å². The Morgan fingerprint density at radius 1 is 0.941 bits per heavy atom. The first-order valence-corrected chi connectivity index (χ1v) is 12.7. The third kappa shape index (κ3) is 5.14. The van der Waals surface area contributed by atoms with E-state index < -0.39 is 0 Å². The highest BCUT2D eigenvalue weighted by atomic mass is 35.5. The van der Waals surface area contributed by atoms with Crippen molar-refractivity contribution in [1.29, 1.82) is 0 Å². The van der Waals surface area contributed by atoms with Crippen LogP contribution >= 0.6 is 11.6 Å². The number of aromatic nitrogens is 2. The zero-order chi connectivity index (χ0) is 23.5. The third-order valence-electron chi connectivity index (χ3n) is 7.08. The molecule has 180 valence electrons. The maximum Gasteiger partial charge on any atom is 0.146 e. The molecule has 3 heterocycles. The molecule has 0 spiro atoms. The van der Waals surface area contributed by atoms with E-state index in [1.807, 2.05) is 24.3 Å². The van der Waals surface area contributed by atoms with E-state index in [9.17, 15) is 4.39 Å². The van der Waals surface area contributed by atoms with Gasteiger partial charge in [-0.1, -0.05) is 35.9 Å². The Morgan fingerprint density at radius 2 is 1.71 bits per heavy atom. The molecule has 0 atom stereocenters. The number of fused-ring (bicyclic) bond motifs is 1. The van der Waals surface area contributed by atoms with Gasteiger partial charge in [0.2, 0.25) is 0 Å². The van der Waals surface area contributed by atoms with Crippen molar-refractivity contribution in [3.63, 3.8) is 0 Å². The number of benzene rings is 2. The topological polar surface area (TPSA) is 27.5 Å². The van der Waals surface area contributed by atoms with E-state index in [-0.39, 0.29) is 5.82 Å². The third-order valence-corrected chi connectivity index (χ3v) is 7.33. The van der Waals surface area contributed by atoms with E-state index in [2.05, 4.69) is 38.6 Å². The Kier molecular flexibility index (Phi) is 7.18. The molecule has 0 radical (unpaired) electrons. The predicted octanol–water partition coefficient (Wildman–Crippen LogP) is 4.93. The van der Waals surface area contributed by atoms with E-state index >= 15 is 0 Å². The summed E-state index contributed by atoms with van der Waals surface area (Å²) in [6.45, 7) is 7.67. The van der Waals surface area contributed by atoms with Gasteiger partial charge in [-0.05, 0) is 57.1 Å². The van der Waals surface area contributed by atoms with Crippen molar-refractivity contribution in [3.8, 4) is 11.3 Å². The van der Waals surface area contributed by atoms with Crippen molar-refractivity contribution >= 4 is 17.3 Å². The van der Waals surface area contributed by atoms with Crippen LogP contribution in [-0.4, -0.2) is 65.9 Å². The van der Waals surface area contributed by atoms with Crippen LogP contribution in [0.3, 0.4) is 0 Å². The SMILES string of the molecule is CN1CCCc2c(c(-c3ccc(Cl)cc3)nn2CCCN2CCN(c3ccccc3F)CC2)C1. The Morgan fingerprint density at radius 3 is 2.47 bits per heavy atom. The molecule has 5 rings (SSSR count). The molecule has 1 saturated heterocycles. The number of aryl methyl sites for hydroxylation is 1. The fourth-order valence-electron chi connectivity index (χ4n) is 5.23. The van der Waals surface area contributed by atoms with Crippen LogP contribution in [0.25, 0.3) is 11.3 Å². The molecule has 0 amide bonds. The van der Waals surface area contributed by atoms with Gasteiger partial charge in [0.15, 0.2) is 0 Å². The molecule has 0 bridgehead atoms. The van der Waals surface area contributed by atoms with Crippen LogP contribution in [0.4, 0.5) is 10.1 Å². The quantitative estimate of drug-likeness (QED) is 0.498. The first-order valence-electron chi connectivity index (χ1n) is 12.3. The molecule has 1 fully saturated rings. The largest absolute Gasteiger partial charge is 0.367 e. The Bertz CT molecular complexity index is 1100. The smallest absolute Gasteiger partial charge is 0.146 e. The van der Waals surface area contributed by atoms with Crippen LogP contribution in [-0.2, 0) is 19.5 Å². The van der Waals surface area contributed by atoms with E-state index in [4.69, 9.17) is 16.7 Å². The summed E-state index contributed by atoms with van der Waals surface area (Å²) >= 11 is 6.13. The maximum atomic E-state index is 14.1. The van der Waals surface area contributed by atoms with Gasteiger partial charge in [-0.15, -0.1) is 0 Å². The van der Waals surface area contributed by atoms with Crippen molar-refractivity contribution in [2.24, 2.45) is 0 Å². The zero-order valence-corrected chi connectivity index (χ0v) is 20.6. The first-order chi connectivity index (χ1) is 16.6. The lowest BCUT2D eigenvalue weighted by Gasteiger charge is -2.36. The van der Waals surface area contributed by atoms with Crippen molar-refractivity contribution in [2.45, 2.75) is 32.4 Å². The van der Waals surface area contributed by atoms with Gasteiger partial charge in [0, 0.05) is 67.7 Å². The van der Waals surface area contributed by atoms with E-state index in [0.29, 0.717) is 0 Å². The summed E-state index contributed by atoms with van der Waals surface area (Å²) < 4.78 is 16.4. The summed E-state index contributed by atoms with van der Waals surface area (Å²) in [5, 5.41) is 5.84. The minimum Gasteiger partial charge on any atom is -0.367 e. The number of hydrogen-bond acceptors (Lipinski definition) is 4. The molecule has 0 N–H and O–H groups in total. The number of hydrogen-bond donors (Lipinski definition) is 0. The molecular weight excluding hydrogens is 449 g/mol. The first kappa shape index (κ1) is 23.3. The molecule has 2 aromatic carbocycles. The van der Waals surface area contributed by atoms with E-state index in [1.54, 1.807) is 12.1 Å². The molecule has 0 aliphatic carbocycles. The summed E-state index contributed by atoms with van der Waals surface area (Å²) in [4.78, 5) is 7.05. The van der Waals surface area contributed by atoms with Crippen LogP contribution in [0, 0.1) is 5.82 Å². The maximum absolute atomic E-state index is 14.1. The van der Waals surface area contributed by atoms with Crippen LogP contribution in [0.2, 0.25) is 5.02 Å². The zero-order valence-electron chi connectivity index (χ0n) is 19.9. The average molecular weight is 482 g/mol.